The predicted molar refractivity (Wildman–Crippen MR) is 45.1 cm³/mol. The van der Waals surface area contributed by atoms with Crippen LogP contribution in [0.5, 0.6) is 0 Å². The van der Waals surface area contributed by atoms with Gasteiger partial charge in [-0.15, -0.1) is 0 Å². The molecule has 0 bridgehead atoms. The number of Topliss-reactive ketones (excluding diaryl/α,β-unsaturated/α-hetero) is 1. The third kappa shape index (κ3) is 1.16. The van der Waals surface area contributed by atoms with Crippen LogP contribution < -0.4 is 5.32 Å². The van der Waals surface area contributed by atoms with Gasteiger partial charge in [0.05, 0.1) is 6.10 Å². The van der Waals surface area contributed by atoms with Crippen LogP contribution >= 0.6 is 0 Å². The highest BCUT2D eigenvalue weighted by atomic mass is 16.5. The molecule has 1 aliphatic heterocycles. The van der Waals surface area contributed by atoms with Crippen molar-refractivity contribution in [2.24, 2.45) is 0 Å². The molecule has 1 N–H and O–H groups in total. The zero-order valence-corrected chi connectivity index (χ0v) is 7.63. The highest BCUT2D eigenvalue weighted by Gasteiger charge is 2.54. The van der Waals surface area contributed by atoms with Gasteiger partial charge in [-0.05, 0) is 19.3 Å². The molecular weight excluding hydrogens is 170 g/mol. The number of rotatable bonds is 1. The van der Waals surface area contributed by atoms with Crippen molar-refractivity contribution in [1.82, 2.24) is 5.32 Å². The number of amides is 1. The maximum atomic E-state index is 11.6. The van der Waals surface area contributed by atoms with Crippen molar-refractivity contribution in [3.63, 3.8) is 0 Å². The quantitative estimate of drug-likeness (QED) is 0.623. The number of fused-ring (bicyclic) bond motifs is 1. The lowest BCUT2D eigenvalue weighted by molar-refractivity contribution is -0.128. The Morgan fingerprint density at radius 3 is 3.15 bits per heavy atom. The topological polar surface area (TPSA) is 55.4 Å². The van der Waals surface area contributed by atoms with Gasteiger partial charge < -0.3 is 10.1 Å². The first-order valence-electron chi connectivity index (χ1n) is 4.59. The lowest BCUT2D eigenvalue weighted by atomic mass is 9.92. The molecule has 4 nitrogen and oxygen atoms in total. The number of hydrogen-bond acceptors (Lipinski definition) is 3. The Labute approximate surface area is 76.6 Å². The van der Waals surface area contributed by atoms with E-state index >= 15 is 0 Å². The SMILES string of the molecule is CC(=O)NC12CCCC1OCC2=O. The lowest BCUT2D eigenvalue weighted by Gasteiger charge is -2.26. The van der Waals surface area contributed by atoms with E-state index in [0.29, 0.717) is 0 Å². The minimum Gasteiger partial charge on any atom is -0.367 e. The van der Waals surface area contributed by atoms with Gasteiger partial charge in [-0.2, -0.15) is 0 Å². The van der Waals surface area contributed by atoms with Crippen molar-refractivity contribution >= 4 is 11.7 Å². The summed E-state index contributed by atoms with van der Waals surface area (Å²) in [5.41, 5.74) is -0.675. The van der Waals surface area contributed by atoms with Crippen LogP contribution in [0.25, 0.3) is 0 Å². The zero-order valence-electron chi connectivity index (χ0n) is 7.63. The summed E-state index contributed by atoms with van der Waals surface area (Å²) in [6.45, 7) is 1.60. The van der Waals surface area contributed by atoms with Gasteiger partial charge in [0.15, 0.2) is 5.78 Å². The third-order valence-corrected chi connectivity index (χ3v) is 2.90. The van der Waals surface area contributed by atoms with Gasteiger partial charge in [-0.1, -0.05) is 0 Å². The van der Waals surface area contributed by atoms with Crippen molar-refractivity contribution < 1.29 is 14.3 Å². The highest BCUT2D eigenvalue weighted by molar-refractivity contribution is 5.96. The summed E-state index contributed by atoms with van der Waals surface area (Å²) in [6.07, 6.45) is 2.49. The second-order valence-electron chi connectivity index (χ2n) is 3.77. The molecule has 1 saturated heterocycles. The van der Waals surface area contributed by atoms with Crippen molar-refractivity contribution in [2.75, 3.05) is 6.61 Å². The second-order valence-corrected chi connectivity index (χ2v) is 3.77. The molecule has 2 aliphatic rings. The normalized spacial score (nSPS) is 37.6. The van der Waals surface area contributed by atoms with Crippen LogP contribution in [-0.2, 0) is 14.3 Å². The van der Waals surface area contributed by atoms with E-state index < -0.39 is 5.54 Å². The maximum Gasteiger partial charge on any atom is 0.217 e. The molecule has 13 heavy (non-hydrogen) atoms. The molecular formula is C9H13NO3. The zero-order chi connectivity index (χ0) is 9.47. The number of hydrogen-bond donors (Lipinski definition) is 1. The molecule has 2 unspecified atom stereocenters. The minimum atomic E-state index is -0.675. The average Bonchev–Trinajstić information content (AvgIpc) is 2.53. The molecule has 1 heterocycles. The van der Waals surface area contributed by atoms with E-state index in [9.17, 15) is 9.59 Å². The minimum absolute atomic E-state index is 0.0326. The Hall–Kier alpha value is -0.900. The van der Waals surface area contributed by atoms with E-state index in [4.69, 9.17) is 4.74 Å². The van der Waals surface area contributed by atoms with Crippen molar-refractivity contribution in [3.8, 4) is 0 Å². The summed E-state index contributed by atoms with van der Waals surface area (Å²) in [6, 6.07) is 0. The molecule has 0 aromatic rings. The van der Waals surface area contributed by atoms with Crippen LogP contribution in [0, 0.1) is 0 Å². The van der Waals surface area contributed by atoms with Gasteiger partial charge in [0.2, 0.25) is 5.91 Å². The Kier molecular flexibility index (Phi) is 1.87. The van der Waals surface area contributed by atoms with Gasteiger partial charge in [0.25, 0.3) is 0 Å². The number of carbonyl (C=O) groups excluding carboxylic acids is 2. The van der Waals surface area contributed by atoms with E-state index in [2.05, 4.69) is 5.32 Å². The molecule has 1 aliphatic carbocycles. The fraction of sp³-hybridized carbons (Fsp3) is 0.778. The Bertz CT molecular complexity index is 264. The first kappa shape index (κ1) is 8.69. The summed E-state index contributed by atoms with van der Waals surface area (Å²) < 4.78 is 5.33. The van der Waals surface area contributed by atoms with Gasteiger partial charge in [0.1, 0.15) is 12.1 Å². The first-order chi connectivity index (χ1) is 6.15. The standard InChI is InChI=1S/C9H13NO3/c1-6(11)10-9-4-2-3-8(9)13-5-7(9)12/h8H,2-5H2,1H3,(H,10,11). The molecule has 2 fully saturated rings. The van der Waals surface area contributed by atoms with Crippen LogP contribution in [0.3, 0.4) is 0 Å². The molecule has 72 valence electrons. The van der Waals surface area contributed by atoms with Gasteiger partial charge in [-0.25, -0.2) is 0 Å². The summed E-state index contributed by atoms with van der Waals surface area (Å²) in [5, 5.41) is 2.75. The Morgan fingerprint density at radius 1 is 1.69 bits per heavy atom. The monoisotopic (exact) mass is 183 g/mol. The van der Waals surface area contributed by atoms with E-state index in [0.717, 1.165) is 19.3 Å². The van der Waals surface area contributed by atoms with E-state index in [1.54, 1.807) is 0 Å². The summed E-state index contributed by atoms with van der Waals surface area (Å²) in [5.74, 6) is -0.115. The number of nitrogens with one attached hydrogen (secondary N) is 1. The molecule has 1 saturated carbocycles. The number of ketones is 1. The first-order valence-corrected chi connectivity index (χ1v) is 4.59. The van der Waals surface area contributed by atoms with Crippen LogP contribution in [0.1, 0.15) is 26.2 Å². The second kappa shape index (κ2) is 2.80. The number of carbonyl (C=O) groups is 2. The van der Waals surface area contributed by atoms with Crippen molar-refractivity contribution in [1.29, 1.82) is 0 Å². The summed E-state index contributed by atoms with van der Waals surface area (Å²) >= 11 is 0. The van der Waals surface area contributed by atoms with E-state index in [1.807, 2.05) is 0 Å². The van der Waals surface area contributed by atoms with Gasteiger partial charge >= 0.3 is 0 Å². The van der Waals surface area contributed by atoms with Crippen molar-refractivity contribution in [3.05, 3.63) is 0 Å². The molecule has 2 atom stereocenters. The molecule has 4 heteroatoms. The maximum absolute atomic E-state index is 11.6. The molecule has 0 spiro atoms. The van der Waals surface area contributed by atoms with Crippen LogP contribution in [0.15, 0.2) is 0 Å². The predicted octanol–water partition coefficient (Wildman–Crippen LogP) is 0.0131. The molecule has 0 aromatic heterocycles. The largest absolute Gasteiger partial charge is 0.367 e. The van der Waals surface area contributed by atoms with Gasteiger partial charge in [-0.3, -0.25) is 9.59 Å². The number of ether oxygens (including phenoxy) is 1. The smallest absolute Gasteiger partial charge is 0.217 e. The fourth-order valence-corrected chi connectivity index (χ4v) is 2.35. The molecule has 2 rings (SSSR count). The third-order valence-electron chi connectivity index (χ3n) is 2.90. The summed E-state index contributed by atoms with van der Waals surface area (Å²) in [7, 11) is 0. The van der Waals surface area contributed by atoms with Crippen LogP contribution in [0.2, 0.25) is 0 Å². The molecule has 1 amide bonds. The van der Waals surface area contributed by atoms with Crippen LogP contribution in [-0.4, -0.2) is 29.9 Å². The summed E-state index contributed by atoms with van der Waals surface area (Å²) in [4.78, 5) is 22.5. The lowest BCUT2D eigenvalue weighted by Crippen LogP contribution is -2.55. The van der Waals surface area contributed by atoms with E-state index in [-0.39, 0.29) is 24.4 Å². The molecule has 0 radical (unpaired) electrons. The Balaban J connectivity index is 2.24. The van der Waals surface area contributed by atoms with E-state index in [1.165, 1.54) is 6.92 Å². The van der Waals surface area contributed by atoms with Crippen molar-refractivity contribution in [2.45, 2.75) is 37.8 Å². The molecule has 0 aromatic carbocycles. The van der Waals surface area contributed by atoms with Crippen LogP contribution in [0.4, 0.5) is 0 Å². The Morgan fingerprint density at radius 2 is 2.46 bits per heavy atom. The average molecular weight is 183 g/mol. The van der Waals surface area contributed by atoms with Gasteiger partial charge in [0, 0.05) is 6.92 Å². The fourth-order valence-electron chi connectivity index (χ4n) is 2.35. The highest BCUT2D eigenvalue weighted by Crippen LogP contribution is 2.37.